The van der Waals surface area contributed by atoms with Crippen molar-refractivity contribution in [3.05, 3.63) is 0 Å². The molecule has 0 N–H and O–H groups in total. The van der Waals surface area contributed by atoms with Gasteiger partial charge in [-0.2, -0.15) is 0 Å². The topological polar surface area (TPSA) is 68.3 Å². The summed E-state index contributed by atoms with van der Waals surface area (Å²) in [6.07, 6.45) is 0.167. The zero-order valence-electron chi connectivity index (χ0n) is 9.05. The van der Waals surface area contributed by atoms with Gasteiger partial charge in [0.15, 0.2) is 0 Å². The first-order valence-corrected chi connectivity index (χ1v) is 4.23. The summed E-state index contributed by atoms with van der Waals surface area (Å²) in [5, 5.41) is 0. The molecule has 4 nitrogen and oxygen atoms in total. The Bertz CT molecular complexity index is 196. The fourth-order valence-corrected chi connectivity index (χ4v) is 0.701. The van der Waals surface area contributed by atoms with E-state index in [1.165, 1.54) is 27.7 Å². The van der Waals surface area contributed by atoms with Crippen molar-refractivity contribution in [2.75, 3.05) is 0 Å². The van der Waals surface area contributed by atoms with Gasteiger partial charge in [0.2, 0.25) is 0 Å². The minimum absolute atomic E-state index is 0. The van der Waals surface area contributed by atoms with Crippen LogP contribution in [0.3, 0.4) is 0 Å². The van der Waals surface area contributed by atoms with Crippen LogP contribution in [0.25, 0.3) is 0 Å². The number of carbonyl (C=O) groups is 4. The summed E-state index contributed by atoms with van der Waals surface area (Å²) in [6, 6.07) is 0. The van der Waals surface area contributed by atoms with Crippen molar-refractivity contribution >= 4 is 42.0 Å². The second-order valence-electron chi connectivity index (χ2n) is 3.16. The van der Waals surface area contributed by atoms with E-state index in [1.54, 1.807) is 0 Å². The molecule has 15 heavy (non-hydrogen) atoms. The van der Waals surface area contributed by atoms with Gasteiger partial charge < -0.3 is 0 Å². The molecule has 0 radical (unpaired) electrons. The number of carbonyl (C=O) groups excluding carboxylic acids is 4. The second kappa shape index (κ2) is 11.4. The Labute approximate surface area is 102 Å². The molecular weight excluding hydrogens is 191 g/mol. The average molecular weight is 208 g/mol. The standard InChI is InChI=1S/2C5H8O2.Li.H/c2*1-4(6)3-5(2)7;;/h2*3H2,1-2H3;;. The third kappa shape index (κ3) is 31.9. The van der Waals surface area contributed by atoms with Crippen molar-refractivity contribution in [2.24, 2.45) is 0 Å². The Morgan fingerprint density at radius 2 is 0.733 bits per heavy atom. The Morgan fingerprint density at radius 3 is 0.733 bits per heavy atom. The summed E-state index contributed by atoms with van der Waals surface area (Å²) < 4.78 is 0. The molecule has 0 bridgehead atoms. The fraction of sp³-hybridized carbons (Fsp3) is 0.600. The molecule has 0 amide bonds. The first-order valence-electron chi connectivity index (χ1n) is 4.23. The van der Waals surface area contributed by atoms with Crippen LogP contribution >= 0.6 is 0 Å². The number of hydrogen-bond acceptors (Lipinski definition) is 4. The molecule has 0 fully saturated rings. The van der Waals surface area contributed by atoms with Crippen LogP contribution in [0.5, 0.6) is 0 Å². The van der Waals surface area contributed by atoms with Gasteiger partial charge in [0.1, 0.15) is 23.1 Å². The molecule has 0 aromatic heterocycles. The van der Waals surface area contributed by atoms with E-state index >= 15 is 0 Å². The van der Waals surface area contributed by atoms with Crippen LogP contribution in [0.15, 0.2) is 0 Å². The van der Waals surface area contributed by atoms with Crippen LogP contribution in [0, 0.1) is 0 Å². The third-order valence-electron chi connectivity index (χ3n) is 0.996. The normalized spacial score (nSPS) is 7.73. The van der Waals surface area contributed by atoms with E-state index in [0.29, 0.717) is 0 Å². The predicted octanol–water partition coefficient (Wildman–Crippen LogP) is 0.460. The van der Waals surface area contributed by atoms with Gasteiger partial charge in [-0.05, 0) is 27.7 Å². The molecule has 0 unspecified atom stereocenters. The van der Waals surface area contributed by atoms with Crippen molar-refractivity contribution in [1.82, 2.24) is 0 Å². The average Bonchev–Trinajstić information content (AvgIpc) is 1.79. The third-order valence-corrected chi connectivity index (χ3v) is 0.996. The van der Waals surface area contributed by atoms with Crippen LogP contribution in [0.4, 0.5) is 0 Å². The van der Waals surface area contributed by atoms with Crippen LogP contribution in [-0.2, 0) is 19.2 Å². The molecule has 5 heteroatoms. The second-order valence-corrected chi connectivity index (χ2v) is 3.16. The van der Waals surface area contributed by atoms with E-state index < -0.39 is 0 Å². The Balaban J connectivity index is -0.000000180. The maximum atomic E-state index is 10.0. The molecule has 0 aromatic carbocycles. The number of hydrogen-bond donors (Lipinski definition) is 0. The van der Waals surface area contributed by atoms with E-state index in [2.05, 4.69) is 0 Å². The van der Waals surface area contributed by atoms with Crippen LogP contribution in [0.2, 0.25) is 0 Å². The van der Waals surface area contributed by atoms with Crippen molar-refractivity contribution in [1.29, 1.82) is 0 Å². The SMILES string of the molecule is CC(=O)CC(C)=O.CC(=O)CC(C)=O.[LiH]. The Morgan fingerprint density at radius 1 is 0.600 bits per heavy atom. The monoisotopic (exact) mass is 208 g/mol. The van der Waals surface area contributed by atoms with Crippen LogP contribution < -0.4 is 0 Å². The zero-order chi connectivity index (χ0) is 11.7. The quantitative estimate of drug-likeness (QED) is 0.497. The van der Waals surface area contributed by atoms with Gasteiger partial charge in [-0.3, -0.25) is 19.2 Å². The molecule has 0 atom stereocenters. The molecule has 0 saturated heterocycles. The summed E-state index contributed by atoms with van der Waals surface area (Å²) in [6.45, 7) is 5.62. The van der Waals surface area contributed by atoms with Gasteiger partial charge in [0.25, 0.3) is 0 Å². The van der Waals surface area contributed by atoms with Crippen LogP contribution in [0.1, 0.15) is 40.5 Å². The van der Waals surface area contributed by atoms with Crippen LogP contribution in [-0.4, -0.2) is 42.0 Å². The summed E-state index contributed by atoms with van der Waals surface area (Å²) in [7, 11) is 0. The molecule has 0 spiro atoms. The number of ketones is 4. The molecule has 0 rings (SSSR count). The first-order chi connectivity index (χ1) is 6.25. The van der Waals surface area contributed by atoms with Gasteiger partial charge in [0, 0.05) is 0 Å². The summed E-state index contributed by atoms with van der Waals surface area (Å²) >= 11 is 0. The van der Waals surface area contributed by atoms with Gasteiger partial charge in [-0.15, -0.1) is 0 Å². The summed E-state index contributed by atoms with van der Waals surface area (Å²) in [4.78, 5) is 40.1. The Kier molecular flexibility index (Phi) is 15.0. The maximum absolute atomic E-state index is 10.0. The molecule has 0 saturated carbocycles. The molecule has 82 valence electrons. The van der Waals surface area contributed by atoms with Crippen molar-refractivity contribution in [3.63, 3.8) is 0 Å². The summed E-state index contributed by atoms with van der Waals surface area (Å²) in [5.41, 5.74) is 0. The summed E-state index contributed by atoms with van der Waals surface area (Å²) in [5.74, 6) is -0.250. The van der Waals surface area contributed by atoms with Crippen molar-refractivity contribution in [3.8, 4) is 0 Å². The van der Waals surface area contributed by atoms with E-state index in [1.807, 2.05) is 0 Å². The molecule has 0 heterocycles. The fourth-order valence-electron chi connectivity index (χ4n) is 0.701. The number of Topliss-reactive ketones (excluding diaryl/α,β-unsaturated/α-hetero) is 4. The van der Waals surface area contributed by atoms with E-state index in [9.17, 15) is 19.2 Å². The predicted molar refractivity (Wildman–Crippen MR) is 59.1 cm³/mol. The van der Waals surface area contributed by atoms with Gasteiger partial charge in [-0.25, -0.2) is 0 Å². The first kappa shape index (κ1) is 19.8. The van der Waals surface area contributed by atoms with Gasteiger partial charge in [0.05, 0.1) is 12.8 Å². The van der Waals surface area contributed by atoms with E-state index in [4.69, 9.17) is 0 Å². The molecule has 0 aromatic rings. The number of rotatable bonds is 4. The Hall–Kier alpha value is -0.723. The minimum atomic E-state index is -0.0625. The van der Waals surface area contributed by atoms with E-state index in [-0.39, 0.29) is 54.8 Å². The van der Waals surface area contributed by atoms with E-state index in [0.717, 1.165) is 0 Å². The zero-order valence-corrected chi connectivity index (χ0v) is 9.05. The molecule has 0 aliphatic carbocycles. The molecule has 0 aliphatic heterocycles. The van der Waals surface area contributed by atoms with Gasteiger partial charge in [-0.1, -0.05) is 0 Å². The van der Waals surface area contributed by atoms with Gasteiger partial charge >= 0.3 is 18.9 Å². The van der Waals surface area contributed by atoms with Crippen molar-refractivity contribution < 1.29 is 19.2 Å². The molecular formula is C10H17LiO4. The van der Waals surface area contributed by atoms with Crippen molar-refractivity contribution in [2.45, 2.75) is 40.5 Å². The molecule has 0 aliphatic rings.